The molecule has 0 heterocycles. The zero-order valence-electron chi connectivity index (χ0n) is 11.0. The number of rotatable bonds is 3. The van der Waals surface area contributed by atoms with E-state index in [2.05, 4.69) is 34.2 Å². The first kappa shape index (κ1) is 13.8. The van der Waals surface area contributed by atoms with E-state index in [1.54, 1.807) is 0 Å². The second-order valence-corrected chi connectivity index (χ2v) is 5.49. The molecule has 0 unspecified atom stereocenters. The third kappa shape index (κ3) is 3.67. The highest BCUT2D eigenvalue weighted by Crippen LogP contribution is 2.21. The fourth-order valence-electron chi connectivity index (χ4n) is 1.97. The van der Waals surface area contributed by atoms with E-state index in [1.165, 1.54) is 5.56 Å². The van der Waals surface area contributed by atoms with E-state index >= 15 is 0 Å². The number of nitrogens with one attached hydrogen (secondary N) is 1. The monoisotopic (exact) mass is 317 g/mol. The summed E-state index contributed by atoms with van der Waals surface area (Å²) < 4.78 is 0.893. The van der Waals surface area contributed by atoms with Crippen molar-refractivity contribution >= 4 is 27.5 Å². The van der Waals surface area contributed by atoms with Crippen molar-refractivity contribution in [1.29, 1.82) is 0 Å². The fourth-order valence-corrected chi connectivity index (χ4v) is 2.36. The molecule has 0 aliphatic rings. The molecule has 0 saturated heterocycles. The van der Waals surface area contributed by atoms with Gasteiger partial charge in [-0.05, 0) is 53.0 Å². The molecule has 0 aromatic heterocycles. The number of amides is 1. The fraction of sp³-hybridized carbons (Fsp3) is 0.188. The van der Waals surface area contributed by atoms with E-state index in [0.717, 1.165) is 21.3 Å². The summed E-state index contributed by atoms with van der Waals surface area (Å²) in [5.41, 5.74) is 4.24. The lowest BCUT2D eigenvalue weighted by Gasteiger charge is -2.09. The van der Waals surface area contributed by atoms with E-state index in [1.807, 2.05) is 43.3 Å². The van der Waals surface area contributed by atoms with Crippen LogP contribution in [0.2, 0.25) is 0 Å². The number of benzene rings is 2. The average molecular weight is 318 g/mol. The van der Waals surface area contributed by atoms with Crippen LogP contribution in [0.1, 0.15) is 16.7 Å². The van der Waals surface area contributed by atoms with Crippen LogP contribution in [0.15, 0.2) is 46.9 Å². The third-order valence-corrected chi connectivity index (χ3v) is 3.69. The third-order valence-electron chi connectivity index (χ3n) is 3.00. The molecule has 0 aliphatic heterocycles. The number of aryl methyl sites for hydroxylation is 2. The molecule has 0 bridgehead atoms. The number of carbonyl (C=O) groups is 1. The lowest BCUT2D eigenvalue weighted by molar-refractivity contribution is -0.115. The molecule has 0 atom stereocenters. The second kappa shape index (κ2) is 6.02. The highest BCUT2D eigenvalue weighted by molar-refractivity contribution is 9.10. The van der Waals surface area contributed by atoms with Crippen molar-refractivity contribution in [3.05, 3.63) is 63.6 Å². The molecule has 3 heteroatoms. The molecule has 0 fully saturated rings. The van der Waals surface area contributed by atoms with Gasteiger partial charge in [-0.1, -0.05) is 35.9 Å². The van der Waals surface area contributed by atoms with Crippen LogP contribution in [0.4, 0.5) is 5.69 Å². The molecule has 2 rings (SSSR count). The van der Waals surface area contributed by atoms with Crippen molar-refractivity contribution in [1.82, 2.24) is 0 Å². The van der Waals surface area contributed by atoms with Crippen molar-refractivity contribution < 1.29 is 4.79 Å². The Morgan fingerprint density at radius 2 is 1.89 bits per heavy atom. The van der Waals surface area contributed by atoms with Gasteiger partial charge in [-0.25, -0.2) is 0 Å². The van der Waals surface area contributed by atoms with Gasteiger partial charge in [-0.3, -0.25) is 4.79 Å². The number of carbonyl (C=O) groups excluding carboxylic acids is 1. The highest BCUT2D eigenvalue weighted by atomic mass is 79.9. The van der Waals surface area contributed by atoms with Gasteiger partial charge in [0.05, 0.1) is 12.1 Å². The first-order valence-electron chi connectivity index (χ1n) is 6.17. The first-order chi connectivity index (χ1) is 9.06. The van der Waals surface area contributed by atoms with E-state index in [0.29, 0.717) is 6.42 Å². The van der Waals surface area contributed by atoms with Gasteiger partial charge < -0.3 is 5.32 Å². The summed E-state index contributed by atoms with van der Waals surface area (Å²) >= 11 is 3.42. The lowest BCUT2D eigenvalue weighted by atomic mass is 10.0. The van der Waals surface area contributed by atoms with Gasteiger partial charge in [0.25, 0.3) is 0 Å². The van der Waals surface area contributed by atoms with Crippen molar-refractivity contribution in [2.75, 3.05) is 5.32 Å². The minimum Gasteiger partial charge on any atom is -0.325 e. The van der Waals surface area contributed by atoms with E-state index in [-0.39, 0.29) is 5.91 Å². The zero-order chi connectivity index (χ0) is 13.8. The summed E-state index contributed by atoms with van der Waals surface area (Å²) in [6, 6.07) is 13.8. The van der Waals surface area contributed by atoms with Crippen LogP contribution in [-0.4, -0.2) is 5.91 Å². The Morgan fingerprint density at radius 3 is 2.58 bits per heavy atom. The van der Waals surface area contributed by atoms with Crippen molar-refractivity contribution in [2.24, 2.45) is 0 Å². The van der Waals surface area contributed by atoms with Crippen LogP contribution in [0.3, 0.4) is 0 Å². The molecule has 1 amide bonds. The standard InChI is InChI=1S/C16H16BrNO/c1-11-7-8-13(12(2)9-11)10-16(19)18-15-6-4-3-5-14(15)17/h3-9H,10H2,1-2H3,(H,18,19). The Bertz CT molecular complexity index is 607. The quantitative estimate of drug-likeness (QED) is 0.901. The largest absolute Gasteiger partial charge is 0.325 e. The molecule has 19 heavy (non-hydrogen) atoms. The minimum atomic E-state index is -0.00106. The number of anilines is 1. The first-order valence-corrected chi connectivity index (χ1v) is 6.96. The van der Waals surface area contributed by atoms with Crippen LogP contribution in [0.5, 0.6) is 0 Å². The Balaban J connectivity index is 2.08. The summed E-state index contributed by atoms with van der Waals surface area (Å²) in [5.74, 6) is -0.00106. The van der Waals surface area contributed by atoms with Gasteiger partial charge in [-0.15, -0.1) is 0 Å². The summed E-state index contributed by atoms with van der Waals surface area (Å²) in [4.78, 5) is 12.0. The van der Waals surface area contributed by atoms with Crippen molar-refractivity contribution in [2.45, 2.75) is 20.3 Å². The van der Waals surface area contributed by atoms with Crippen LogP contribution < -0.4 is 5.32 Å². The van der Waals surface area contributed by atoms with Gasteiger partial charge in [0.1, 0.15) is 0 Å². The van der Waals surface area contributed by atoms with Gasteiger partial charge in [-0.2, -0.15) is 0 Å². The van der Waals surface area contributed by atoms with Gasteiger partial charge >= 0.3 is 0 Å². The van der Waals surface area contributed by atoms with E-state index in [9.17, 15) is 4.79 Å². The normalized spacial score (nSPS) is 10.3. The maximum absolute atomic E-state index is 12.0. The molecule has 2 nitrogen and oxygen atoms in total. The molecule has 2 aromatic carbocycles. The molecule has 0 radical (unpaired) electrons. The topological polar surface area (TPSA) is 29.1 Å². The summed E-state index contributed by atoms with van der Waals surface area (Å²) in [7, 11) is 0. The van der Waals surface area contributed by atoms with Gasteiger partial charge in [0.15, 0.2) is 0 Å². The van der Waals surface area contributed by atoms with Crippen molar-refractivity contribution in [3.63, 3.8) is 0 Å². The molecular weight excluding hydrogens is 302 g/mol. The van der Waals surface area contributed by atoms with Crippen LogP contribution in [0.25, 0.3) is 0 Å². The number of hydrogen-bond donors (Lipinski definition) is 1. The Hall–Kier alpha value is -1.61. The number of halogens is 1. The molecule has 1 N–H and O–H groups in total. The highest BCUT2D eigenvalue weighted by Gasteiger charge is 2.08. The second-order valence-electron chi connectivity index (χ2n) is 4.63. The van der Waals surface area contributed by atoms with Gasteiger partial charge in [0, 0.05) is 4.47 Å². The smallest absolute Gasteiger partial charge is 0.228 e. The average Bonchev–Trinajstić information content (AvgIpc) is 2.36. The Kier molecular flexibility index (Phi) is 4.38. The predicted molar refractivity (Wildman–Crippen MR) is 82.4 cm³/mol. The van der Waals surface area contributed by atoms with E-state index < -0.39 is 0 Å². The summed E-state index contributed by atoms with van der Waals surface area (Å²) in [6.45, 7) is 4.09. The zero-order valence-corrected chi connectivity index (χ0v) is 12.6. The van der Waals surface area contributed by atoms with Crippen LogP contribution >= 0.6 is 15.9 Å². The van der Waals surface area contributed by atoms with Gasteiger partial charge in [0.2, 0.25) is 5.91 Å². The number of para-hydroxylation sites is 1. The Morgan fingerprint density at radius 1 is 1.16 bits per heavy atom. The molecule has 0 spiro atoms. The summed E-state index contributed by atoms with van der Waals surface area (Å²) in [5, 5.41) is 2.91. The molecule has 2 aromatic rings. The Labute approximate surface area is 122 Å². The minimum absolute atomic E-state index is 0.00106. The molecule has 0 saturated carbocycles. The summed E-state index contributed by atoms with van der Waals surface area (Å²) in [6.07, 6.45) is 0.396. The maximum atomic E-state index is 12.0. The molecule has 98 valence electrons. The molecular formula is C16H16BrNO. The van der Waals surface area contributed by atoms with Crippen LogP contribution in [-0.2, 0) is 11.2 Å². The van der Waals surface area contributed by atoms with Crippen LogP contribution in [0, 0.1) is 13.8 Å². The lowest BCUT2D eigenvalue weighted by Crippen LogP contribution is -2.15. The number of hydrogen-bond acceptors (Lipinski definition) is 1. The maximum Gasteiger partial charge on any atom is 0.228 e. The van der Waals surface area contributed by atoms with E-state index in [4.69, 9.17) is 0 Å². The van der Waals surface area contributed by atoms with Crippen molar-refractivity contribution in [3.8, 4) is 0 Å². The predicted octanol–water partition coefficient (Wildman–Crippen LogP) is 4.25. The molecule has 0 aliphatic carbocycles. The SMILES string of the molecule is Cc1ccc(CC(=O)Nc2ccccc2Br)c(C)c1.